The Morgan fingerprint density at radius 3 is 2.84 bits per heavy atom. The van der Waals surface area contributed by atoms with Crippen molar-refractivity contribution in [2.75, 3.05) is 13.1 Å². The first-order valence-electron chi connectivity index (χ1n) is 6.81. The fourth-order valence-corrected chi connectivity index (χ4v) is 2.89. The molecule has 0 spiro atoms. The maximum Gasteiger partial charge on any atom is 0.254 e. The van der Waals surface area contributed by atoms with E-state index in [9.17, 15) is 9.18 Å². The van der Waals surface area contributed by atoms with Crippen LogP contribution in [0.2, 0.25) is 0 Å². The number of hydrogen-bond donors (Lipinski definition) is 1. The number of carbonyl (C=O) groups excluding carboxylic acids is 1. The Morgan fingerprint density at radius 2 is 2.21 bits per heavy atom. The third kappa shape index (κ3) is 2.95. The number of nitrogens with zero attached hydrogens (tertiary/aromatic N) is 1. The number of amides is 1. The summed E-state index contributed by atoms with van der Waals surface area (Å²) < 4.78 is 13.4. The molecule has 2 N–H and O–H groups in total. The molecule has 2 atom stereocenters. The molecule has 1 aromatic carbocycles. The molecule has 0 radical (unpaired) electrons. The molecule has 3 nitrogen and oxygen atoms in total. The number of piperidine rings is 1. The number of halogens is 1. The quantitative estimate of drug-likeness (QED) is 0.891. The van der Waals surface area contributed by atoms with Gasteiger partial charge in [0.25, 0.3) is 5.91 Å². The van der Waals surface area contributed by atoms with E-state index in [2.05, 4.69) is 6.92 Å². The van der Waals surface area contributed by atoms with Gasteiger partial charge in [0.2, 0.25) is 0 Å². The molecule has 0 unspecified atom stereocenters. The Hall–Kier alpha value is -1.42. The normalized spacial score (nSPS) is 23.5. The second-order valence-electron chi connectivity index (χ2n) is 5.44. The number of hydrogen-bond acceptors (Lipinski definition) is 2. The first-order valence-corrected chi connectivity index (χ1v) is 6.81. The van der Waals surface area contributed by atoms with E-state index in [0.717, 1.165) is 18.4 Å². The van der Waals surface area contributed by atoms with Crippen molar-refractivity contribution in [3.05, 3.63) is 35.1 Å². The first kappa shape index (κ1) is 14.0. The molecule has 1 heterocycles. The highest BCUT2D eigenvalue weighted by Crippen LogP contribution is 2.24. The van der Waals surface area contributed by atoms with Gasteiger partial charge in [-0.3, -0.25) is 4.79 Å². The van der Waals surface area contributed by atoms with E-state index in [1.54, 1.807) is 13.0 Å². The van der Waals surface area contributed by atoms with E-state index in [1.807, 2.05) is 4.90 Å². The molecule has 0 saturated carbocycles. The van der Waals surface area contributed by atoms with Crippen LogP contribution in [-0.4, -0.2) is 29.9 Å². The van der Waals surface area contributed by atoms with Gasteiger partial charge in [0.05, 0.1) is 0 Å². The maximum absolute atomic E-state index is 13.4. The maximum atomic E-state index is 13.4. The van der Waals surface area contributed by atoms with Crippen LogP contribution >= 0.6 is 0 Å². The molecule has 1 fully saturated rings. The van der Waals surface area contributed by atoms with Gasteiger partial charge in [-0.05, 0) is 49.4 Å². The minimum absolute atomic E-state index is 0.0600. The molecule has 2 rings (SSSR count). The summed E-state index contributed by atoms with van der Waals surface area (Å²) in [7, 11) is 0. The first-order chi connectivity index (χ1) is 9.02. The molecule has 0 aliphatic carbocycles. The molecule has 4 heteroatoms. The highest BCUT2D eigenvalue weighted by Gasteiger charge is 2.31. The van der Waals surface area contributed by atoms with E-state index >= 15 is 0 Å². The molecule has 1 amide bonds. The summed E-state index contributed by atoms with van der Waals surface area (Å²) >= 11 is 0. The van der Waals surface area contributed by atoms with Crippen LogP contribution in [0.25, 0.3) is 0 Å². The van der Waals surface area contributed by atoms with Crippen molar-refractivity contribution in [2.24, 2.45) is 11.7 Å². The highest BCUT2D eigenvalue weighted by molar-refractivity contribution is 5.94. The Balaban J connectivity index is 2.26. The second kappa shape index (κ2) is 5.70. The van der Waals surface area contributed by atoms with Crippen molar-refractivity contribution in [1.29, 1.82) is 0 Å². The van der Waals surface area contributed by atoms with Crippen LogP contribution in [0.15, 0.2) is 18.2 Å². The SMILES string of the molecule is Cc1cc(F)cc(C(=O)N2CCC[C@@H](C)[C@@H]2CN)c1. The number of carbonyl (C=O) groups is 1. The second-order valence-corrected chi connectivity index (χ2v) is 5.44. The van der Waals surface area contributed by atoms with E-state index < -0.39 is 0 Å². The predicted octanol–water partition coefficient (Wildman–Crippen LogP) is 2.33. The van der Waals surface area contributed by atoms with Crippen LogP contribution in [-0.2, 0) is 0 Å². The molecule has 1 saturated heterocycles. The molecular formula is C15H21FN2O. The molecule has 104 valence electrons. The zero-order chi connectivity index (χ0) is 14.0. The van der Waals surface area contributed by atoms with Crippen LogP contribution in [0.3, 0.4) is 0 Å². The van der Waals surface area contributed by atoms with Crippen LogP contribution < -0.4 is 5.73 Å². The highest BCUT2D eigenvalue weighted by atomic mass is 19.1. The van der Waals surface area contributed by atoms with E-state index in [1.165, 1.54) is 12.1 Å². The van der Waals surface area contributed by atoms with Crippen LogP contribution in [0.1, 0.15) is 35.7 Å². The topological polar surface area (TPSA) is 46.3 Å². The lowest BCUT2D eigenvalue weighted by Gasteiger charge is -2.39. The summed E-state index contributed by atoms with van der Waals surface area (Å²) in [6, 6.07) is 4.53. The van der Waals surface area contributed by atoms with E-state index in [0.29, 0.717) is 24.6 Å². The number of rotatable bonds is 2. The van der Waals surface area contributed by atoms with Gasteiger partial charge in [-0.2, -0.15) is 0 Å². The van der Waals surface area contributed by atoms with Crippen molar-refractivity contribution in [2.45, 2.75) is 32.7 Å². The predicted molar refractivity (Wildman–Crippen MR) is 73.4 cm³/mol. The minimum atomic E-state index is -0.363. The van der Waals surface area contributed by atoms with Crippen molar-refractivity contribution in [3.8, 4) is 0 Å². The fourth-order valence-electron chi connectivity index (χ4n) is 2.89. The van der Waals surface area contributed by atoms with Gasteiger partial charge in [0.15, 0.2) is 0 Å². The number of likely N-dealkylation sites (tertiary alicyclic amines) is 1. The van der Waals surface area contributed by atoms with Gasteiger partial charge in [-0.15, -0.1) is 0 Å². The smallest absolute Gasteiger partial charge is 0.254 e. The molecule has 19 heavy (non-hydrogen) atoms. The molecular weight excluding hydrogens is 243 g/mol. The van der Waals surface area contributed by atoms with E-state index in [4.69, 9.17) is 5.73 Å². The summed E-state index contributed by atoms with van der Waals surface area (Å²) in [5.74, 6) is -0.0698. The summed E-state index contributed by atoms with van der Waals surface area (Å²) in [6.07, 6.45) is 2.07. The lowest BCUT2D eigenvalue weighted by molar-refractivity contribution is 0.0532. The standard InChI is InChI=1S/C15H21FN2O/c1-10-6-12(8-13(16)7-10)15(19)18-5-3-4-11(2)14(18)9-17/h6-8,11,14H,3-5,9,17H2,1-2H3/t11-,14+/m1/s1. The van der Waals surface area contributed by atoms with Gasteiger partial charge in [0.1, 0.15) is 5.82 Å². The lowest BCUT2D eigenvalue weighted by Crippen LogP contribution is -2.51. The Labute approximate surface area is 113 Å². The summed E-state index contributed by atoms with van der Waals surface area (Å²) in [4.78, 5) is 14.3. The number of benzene rings is 1. The molecule has 1 aliphatic rings. The lowest BCUT2D eigenvalue weighted by atomic mass is 9.90. The number of aryl methyl sites for hydroxylation is 1. The van der Waals surface area contributed by atoms with Crippen molar-refractivity contribution < 1.29 is 9.18 Å². The zero-order valence-electron chi connectivity index (χ0n) is 11.5. The fraction of sp³-hybridized carbons (Fsp3) is 0.533. The molecule has 1 aliphatic heterocycles. The van der Waals surface area contributed by atoms with Gasteiger partial charge >= 0.3 is 0 Å². The third-order valence-corrected chi connectivity index (χ3v) is 3.91. The Morgan fingerprint density at radius 1 is 1.47 bits per heavy atom. The van der Waals surface area contributed by atoms with Crippen molar-refractivity contribution in [3.63, 3.8) is 0 Å². The largest absolute Gasteiger partial charge is 0.334 e. The van der Waals surface area contributed by atoms with Gasteiger partial charge in [-0.1, -0.05) is 6.92 Å². The average Bonchev–Trinajstić information content (AvgIpc) is 2.36. The van der Waals surface area contributed by atoms with Crippen molar-refractivity contribution >= 4 is 5.91 Å². The minimum Gasteiger partial charge on any atom is -0.334 e. The van der Waals surface area contributed by atoms with Gasteiger partial charge in [-0.25, -0.2) is 4.39 Å². The van der Waals surface area contributed by atoms with Crippen LogP contribution in [0, 0.1) is 18.7 Å². The Bertz CT molecular complexity index is 455. The Kier molecular flexibility index (Phi) is 4.20. The van der Waals surface area contributed by atoms with Gasteiger partial charge in [0, 0.05) is 24.7 Å². The average molecular weight is 264 g/mol. The summed E-state index contributed by atoms with van der Waals surface area (Å²) in [5, 5.41) is 0. The zero-order valence-corrected chi connectivity index (χ0v) is 11.5. The molecule has 0 aromatic heterocycles. The summed E-state index contributed by atoms with van der Waals surface area (Å²) in [6.45, 7) is 5.08. The van der Waals surface area contributed by atoms with Crippen molar-refractivity contribution in [1.82, 2.24) is 4.90 Å². The van der Waals surface area contributed by atoms with Gasteiger partial charge < -0.3 is 10.6 Å². The molecule has 1 aromatic rings. The van der Waals surface area contributed by atoms with E-state index in [-0.39, 0.29) is 17.8 Å². The third-order valence-electron chi connectivity index (χ3n) is 3.91. The van der Waals surface area contributed by atoms with Crippen LogP contribution in [0.4, 0.5) is 4.39 Å². The number of nitrogens with two attached hydrogens (primary N) is 1. The monoisotopic (exact) mass is 264 g/mol. The summed E-state index contributed by atoms with van der Waals surface area (Å²) in [5.41, 5.74) is 6.97. The molecule has 0 bridgehead atoms. The van der Waals surface area contributed by atoms with Crippen LogP contribution in [0.5, 0.6) is 0 Å².